The molecule has 0 unspecified atom stereocenters. The molecule has 8 heteroatoms. The van der Waals surface area contributed by atoms with Crippen LogP contribution in [0.15, 0.2) is 28.5 Å². The summed E-state index contributed by atoms with van der Waals surface area (Å²) in [5, 5.41) is 11.5. The number of nitrogens with zero attached hydrogens (tertiary/aromatic N) is 3. The van der Waals surface area contributed by atoms with E-state index in [1.165, 1.54) is 40.9 Å². The minimum Gasteiger partial charge on any atom is -0.245 e. The van der Waals surface area contributed by atoms with Crippen molar-refractivity contribution in [3.8, 4) is 6.07 Å². The van der Waals surface area contributed by atoms with E-state index >= 15 is 0 Å². The Balaban J connectivity index is 2.31. The summed E-state index contributed by atoms with van der Waals surface area (Å²) in [5.74, 6) is 0. The number of aromatic nitrogens is 1. The van der Waals surface area contributed by atoms with Crippen molar-refractivity contribution in [1.29, 1.82) is 5.26 Å². The highest BCUT2D eigenvalue weighted by Crippen LogP contribution is 2.26. The van der Waals surface area contributed by atoms with Gasteiger partial charge in [-0.1, -0.05) is 11.6 Å². The van der Waals surface area contributed by atoms with E-state index in [0.717, 1.165) is 5.01 Å². The number of hydrogen-bond donors (Lipinski definition) is 0. The van der Waals surface area contributed by atoms with Gasteiger partial charge in [-0.05, 0) is 25.1 Å². The van der Waals surface area contributed by atoms with Crippen molar-refractivity contribution in [2.45, 2.75) is 18.4 Å². The molecule has 0 bridgehead atoms. The van der Waals surface area contributed by atoms with Crippen LogP contribution < -0.4 is 0 Å². The minimum atomic E-state index is -3.73. The van der Waals surface area contributed by atoms with Gasteiger partial charge in [-0.3, -0.25) is 0 Å². The molecule has 1 aromatic heterocycles. The molecule has 0 saturated heterocycles. The maximum Gasteiger partial charge on any atom is 0.244 e. The van der Waals surface area contributed by atoms with Crippen molar-refractivity contribution in [2.24, 2.45) is 0 Å². The summed E-state index contributed by atoms with van der Waals surface area (Å²) in [6, 6.07) is 6.04. The second kappa shape index (κ2) is 6.12. The van der Waals surface area contributed by atoms with E-state index in [1.807, 2.05) is 18.4 Å². The molecule has 2 aromatic rings. The number of aryl methyl sites for hydroxylation is 1. The van der Waals surface area contributed by atoms with Crippen LogP contribution in [0.4, 0.5) is 0 Å². The zero-order valence-electron chi connectivity index (χ0n) is 11.4. The molecule has 0 aliphatic carbocycles. The summed E-state index contributed by atoms with van der Waals surface area (Å²) in [7, 11) is -2.26. The van der Waals surface area contributed by atoms with Crippen LogP contribution >= 0.6 is 22.9 Å². The molecular formula is C13H12ClN3O2S2. The summed E-state index contributed by atoms with van der Waals surface area (Å²) in [6.45, 7) is 2.03. The Kier molecular flexibility index (Phi) is 4.64. The molecule has 0 spiro atoms. The van der Waals surface area contributed by atoms with Crippen LogP contribution in [0.5, 0.6) is 0 Å². The highest BCUT2D eigenvalue weighted by Gasteiger charge is 2.24. The molecule has 110 valence electrons. The first-order chi connectivity index (χ1) is 9.84. The Labute approximate surface area is 132 Å². The van der Waals surface area contributed by atoms with Gasteiger partial charge in [-0.2, -0.15) is 9.57 Å². The normalized spacial score (nSPS) is 11.6. The molecule has 0 amide bonds. The van der Waals surface area contributed by atoms with E-state index in [0.29, 0.717) is 11.3 Å². The molecule has 0 fully saturated rings. The lowest BCUT2D eigenvalue weighted by Crippen LogP contribution is -2.27. The molecule has 0 N–H and O–H groups in total. The van der Waals surface area contributed by atoms with Crippen molar-refractivity contribution >= 4 is 33.0 Å². The Morgan fingerprint density at radius 2 is 2.19 bits per heavy atom. The van der Waals surface area contributed by atoms with Gasteiger partial charge in [0, 0.05) is 12.4 Å². The molecule has 0 aliphatic heterocycles. The van der Waals surface area contributed by atoms with Crippen LogP contribution in [0.2, 0.25) is 5.02 Å². The summed E-state index contributed by atoms with van der Waals surface area (Å²) < 4.78 is 26.2. The van der Waals surface area contributed by atoms with Gasteiger partial charge in [0.25, 0.3) is 0 Å². The second-order valence-corrected chi connectivity index (χ2v) is 7.86. The third-order valence-electron chi connectivity index (χ3n) is 2.80. The Morgan fingerprint density at radius 1 is 1.48 bits per heavy atom. The van der Waals surface area contributed by atoms with Gasteiger partial charge < -0.3 is 0 Å². The van der Waals surface area contributed by atoms with Crippen LogP contribution in [-0.4, -0.2) is 24.8 Å². The Bertz CT molecular complexity index is 809. The third kappa shape index (κ3) is 3.41. The fourth-order valence-electron chi connectivity index (χ4n) is 1.74. The predicted octanol–water partition coefficient (Wildman–Crippen LogP) is 2.80. The maximum atomic E-state index is 12.5. The molecule has 0 radical (unpaired) electrons. The van der Waals surface area contributed by atoms with Gasteiger partial charge in [0.2, 0.25) is 10.0 Å². The lowest BCUT2D eigenvalue weighted by Gasteiger charge is -2.17. The highest BCUT2D eigenvalue weighted by molar-refractivity contribution is 7.89. The number of halogens is 1. The summed E-state index contributed by atoms with van der Waals surface area (Å²) in [5.41, 5.74) is 1.00. The van der Waals surface area contributed by atoms with Gasteiger partial charge in [0.05, 0.1) is 33.9 Å². The molecular weight excluding hydrogens is 330 g/mol. The van der Waals surface area contributed by atoms with Crippen LogP contribution in [0, 0.1) is 18.3 Å². The maximum absolute atomic E-state index is 12.5. The predicted molar refractivity (Wildman–Crippen MR) is 81.7 cm³/mol. The smallest absolute Gasteiger partial charge is 0.244 e. The Hall–Kier alpha value is -1.46. The van der Waals surface area contributed by atoms with Gasteiger partial charge in [0.15, 0.2) is 0 Å². The number of sulfonamides is 1. The zero-order chi connectivity index (χ0) is 15.6. The van der Waals surface area contributed by atoms with Gasteiger partial charge in [-0.25, -0.2) is 13.4 Å². The van der Waals surface area contributed by atoms with E-state index in [1.54, 1.807) is 0 Å². The van der Waals surface area contributed by atoms with Crippen molar-refractivity contribution < 1.29 is 8.42 Å². The van der Waals surface area contributed by atoms with Crippen molar-refractivity contribution in [2.75, 3.05) is 7.05 Å². The summed E-state index contributed by atoms with van der Waals surface area (Å²) in [6.07, 6.45) is 0. The van der Waals surface area contributed by atoms with Gasteiger partial charge in [0.1, 0.15) is 4.90 Å². The average molecular weight is 342 g/mol. The monoisotopic (exact) mass is 341 g/mol. The highest BCUT2D eigenvalue weighted by atomic mass is 35.5. The largest absolute Gasteiger partial charge is 0.245 e. The first-order valence-electron chi connectivity index (χ1n) is 5.91. The van der Waals surface area contributed by atoms with E-state index in [-0.39, 0.29) is 16.5 Å². The third-order valence-corrected chi connectivity index (χ3v) is 5.91. The molecule has 21 heavy (non-hydrogen) atoms. The fourth-order valence-corrected chi connectivity index (χ4v) is 4.00. The molecule has 1 heterocycles. The van der Waals surface area contributed by atoms with Crippen LogP contribution in [0.3, 0.4) is 0 Å². The van der Waals surface area contributed by atoms with Crippen LogP contribution in [0.1, 0.15) is 16.3 Å². The van der Waals surface area contributed by atoms with Crippen molar-refractivity contribution in [3.05, 3.63) is 44.9 Å². The molecule has 0 saturated carbocycles. The number of benzene rings is 1. The van der Waals surface area contributed by atoms with E-state index in [9.17, 15) is 8.42 Å². The molecule has 2 rings (SSSR count). The van der Waals surface area contributed by atoms with E-state index in [2.05, 4.69) is 4.98 Å². The van der Waals surface area contributed by atoms with Gasteiger partial charge >= 0.3 is 0 Å². The molecule has 1 aromatic carbocycles. The average Bonchev–Trinajstić information content (AvgIpc) is 2.83. The van der Waals surface area contributed by atoms with E-state index in [4.69, 9.17) is 16.9 Å². The van der Waals surface area contributed by atoms with Gasteiger partial charge in [-0.15, -0.1) is 11.3 Å². The second-order valence-electron chi connectivity index (χ2n) is 4.38. The van der Waals surface area contributed by atoms with E-state index < -0.39 is 10.0 Å². The van der Waals surface area contributed by atoms with Crippen molar-refractivity contribution in [3.63, 3.8) is 0 Å². The molecule has 0 atom stereocenters. The standard InChI is InChI=1S/C13H12ClN3O2S2/c1-9-16-11(8-20-9)7-17(2)21(18,19)13-4-3-10(6-15)5-12(13)14/h3-5,8H,7H2,1-2H3. The van der Waals surface area contributed by atoms with Crippen LogP contribution in [-0.2, 0) is 16.6 Å². The number of rotatable bonds is 4. The lowest BCUT2D eigenvalue weighted by molar-refractivity contribution is 0.463. The summed E-state index contributed by atoms with van der Waals surface area (Å²) in [4.78, 5) is 4.23. The SMILES string of the molecule is Cc1nc(CN(C)S(=O)(=O)c2ccc(C#N)cc2Cl)cs1. The first kappa shape index (κ1) is 15.9. The van der Waals surface area contributed by atoms with Crippen LogP contribution in [0.25, 0.3) is 0 Å². The number of thiazole rings is 1. The van der Waals surface area contributed by atoms with Crippen molar-refractivity contribution in [1.82, 2.24) is 9.29 Å². The quantitative estimate of drug-likeness (QED) is 0.857. The topological polar surface area (TPSA) is 74.1 Å². The molecule has 0 aliphatic rings. The number of hydrogen-bond acceptors (Lipinski definition) is 5. The summed E-state index contributed by atoms with van der Waals surface area (Å²) >= 11 is 7.44. The minimum absolute atomic E-state index is 0.0161. The fraction of sp³-hybridized carbons (Fsp3) is 0.231. The first-order valence-corrected chi connectivity index (χ1v) is 8.61. The lowest BCUT2D eigenvalue weighted by atomic mass is 10.2. The zero-order valence-corrected chi connectivity index (χ0v) is 13.8. The number of nitriles is 1. The Morgan fingerprint density at radius 3 is 2.71 bits per heavy atom. The molecule has 5 nitrogen and oxygen atoms in total.